The van der Waals surface area contributed by atoms with Crippen LogP contribution in [0.2, 0.25) is 0 Å². The molecule has 1 aromatic heterocycles. The van der Waals surface area contributed by atoms with Crippen LogP contribution in [-0.4, -0.2) is 34.0 Å². The number of hydrogen-bond donors (Lipinski definition) is 1. The normalized spacial score (nSPS) is 16.2. The number of nitrogens with zero attached hydrogens (tertiary/aromatic N) is 2. The predicted molar refractivity (Wildman–Crippen MR) is 74.0 cm³/mol. The number of amides is 1. The van der Waals surface area contributed by atoms with E-state index in [2.05, 4.69) is 31.8 Å². The first-order valence-electron chi connectivity index (χ1n) is 6.51. The lowest BCUT2D eigenvalue weighted by Crippen LogP contribution is -2.36. The lowest BCUT2D eigenvalue weighted by atomic mass is 9.83. The van der Waals surface area contributed by atoms with Crippen molar-refractivity contribution in [2.75, 3.05) is 13.1 Å². The van der Waals surface area contributed by atoms with Gasteiger partial charge in [0.15, 0.2) is 0 Å². The molecule has 2 rings (SSSR count). The maximum atomic E-state index is 12.3. The van der Waals surface area contributed by atoms with Crippen molar-refractivity contribution in [1.82, 2.24) is 9.88 Å². The molecule has 0 aromatic carbocycles. The first kappa shape index (κ1) is 13.6. The first-order chi connectivity index (χ1) is 8.88. The van der Waals surface area contributed by atoms with E-state index in [-0.39, 0.29) is 17.1 Å². The number of pyridine rings is 1. The van der Waals surface area contributed by atoms with Gasteiger partial charge in [-0.25, -0.2) is 0 Å². The van der Waals surface area contributed by atoms with Crippen molar-refractivity contribution < 1.29 is 9.90 Å². The topological polar surface area (TPSA) is 53.4 Å². The van der Waals surface area contributed by atoms with Gasteiger partial charge in [0.25, 0.3) is 5.91 Å². The van der Waals surface area contributed by atoms with E-state index in [1.165, 1.54) is 24.0 Å². The van der Waals surface area contributed by atoms with Crippen molar-refractivity contribution in [3.05, 3.63) is 35.7 Å². The second-order valence-electron chi connectivity index (χ2n) is 5.91. The summed E-state index contributed by atoms with van der Waals surface area (Å²) in [6.07, 6.45) is 5.86. The highest BCUT2D eigenvalue weighted by atomic mass is 16.3. The van der Waals surface area contributed by atoms with Crippen LogP contribution in [0.3, 0.4) is 0 Å². The Bertz CT molecular complexity index is 515. The van der Waals surface area contributed by atoms with E-state index in [0.29, 0.717) is 12.1 Å². The molecule has 1 aliphatic rings. The number of aromatic hydroxyl groups is 1. The molecule has 0 saturated carbocycles. The highest BCUT2D eigenvalue weighted by Gasteiger charge is 2.24. The van der Waals surface area contributed by atoms with Gasteiger partial charge in [0, 0.05) is 19.3 Å². The third-order valence-electron chi connectivity index (χ3n) is 3.43. The minimum absolute atomic E-state index is 0.0220. The molecule has 0 aliphatic carbocycles. The minimum Gasteiger partial charge on any atom is -0.506 e. The first-order valence-corrected chi connectivity index (χ1v) is 6.51. The average molecular weight is 260 g/mol. The molecule has 2 heterocycles. The number of rotatable bonds is 1. The maximum absolute atomic E-state index is 12.3. The molecular weight excluding hydrogens is 240 g/mol. The summed E-state index contributed by atoms with van der Waals surface area (Å²) in [6.45, 7) is 7.92. The monoisotopic (exact) mass is 260 g/mol. The summed E-state index contributed by atoms with van der Waals surface area (Å²) in [5.74, 6) is -0.0543. The van der Waals surface area contributed by atoms with Gasteiger partial charge >= 0.3 is 0 Å². The highest BCUT2D eigenvalue weighted by Crippen LogP contribution is 2.30. The number of carbonyl (C=O) groups is 1. The van der Waals surface area contributed by atoms with Gasteiger partial charge in [-0.15, -0.1) is 0 Å². The van der Waals surface area contributed by atoms with Crippen LogP contribution in [0.25, 0.3) is 0 Å². The summed E-state index contributed by atoms with van der Waals surface area (Å²) in [5.41, 5.74) is 2.00. The van der Waals surface area contributed by atoms with Crippen LogP contribution in [0, 0.1) is 5.41 Å². The van der Waals surface area contributed by atoms with Gasteiger partial charge in [-0.05, 0) is 17.9 Å². The summed E-state index contributed by atoms with van der Waals surface area (Å²) < 4.78 is 0. The van der Waals surface area contributed by atoms with Crippen molar-refractivity contribution in [3.8, 4) is 5.75 Å². The van der Waals surface area contributed by atoms with Gasteiger partial charge in [-0.2, -0.15) is 0 Å². The Morgan fingerprint density at radius 1 is 1.37 bits per heavy atom. The zero-order valence-electron chi connectivity index (χ0n) is 11.7. The van der Waals surface area contributed by atoms with Crippen LogP contribution >= 0.6 is 0 Å². The van der Waals surface area contributed by atoms with Gasteiger partial charge in [0.2, 0.25) is 0 Å². The van der Waals surface area contributed by atoms with Gasteiger partial charge < -0.3 is 10.0 Å². The summed E-state index contributed by atoms with van der Waals surface area (Å²) in [5, 5.41) is 9.36. The fourth-order valence-corrected chi connectivity index (χ4v) is 2.26. The van der Waals surface area contributed by atoms with Crippen molar-refractivity contribution in [2.24, 2.45) is 5.41 Å². The minimum atomic E-state index is -0.0763. The van der Waals surface area contributed by atoms with E-state index in [9.17, 15) is 9.90 Å². The second kappa shape index (κ2) is 5.03. The largest absolute Gasteiger partial charge is 0.506 e. The molecular formula is C15H20N2O2. The molecule has 1 amide bonds. The Kier molecular flexibility index (Phi) is 3.60. The fourth-order valence-electron chi connectivity index (χ4n) is 2.26. The lowest BCUT2D eigenvalue weighted by molar-refractivity contribution is 0.0764. The van der Waals surface area contributed by atoms with Crippen LogP contribution in [-0.2, 0) is 0 Å². The van der Waals surface area contributed by atoms with Crippen molar-refractivity contribution in [1.29, 1.82) is 0 Å². The van der Waals surface area contributed by atoms with Gasteiger partial charge in [-0.1, -0.05) is 32.4 Å². The summed E-state index contributed by atoms with van der Waals surface area (Å²) in [4.78, 5) is 17.9. The molecule has 4 nitrogen and oxygen atoms in total. The summed E-state index contributed by atoms with van der Waals surface area (Å²) in [6, 6.07) is 1.46. The molecule has 19 heavy (non-hydrogen) atoms. The summed E-state index contributed by atoms with van der Waals surface area (Å²) in [7, 11) is 0. The molecule has 0 fully saturated rings. The van der Waals surface area contributed by atoms with Gasteiger partial charge in [-0.3, -0.25) is 9.78 Å². The number of hydrogen-bond acceptors (Lipinski definition) is 3. The molecule has 1 N–H and O–H groups in total. The molecule has 0 unspecified atom stereocenters. The average Bonchev–Trinajstić information content (AvgIpc) is 2.37. The Morgan fingerprint density at radius 2 is 2.11 bits per heavy atom. The van der Waals surface area contributed by atoms with E-state index in [4.69, 9.17) is 0 Å². The number of aromatic nitrogens is 1. The van der Waals surface area contributed by atoms with E-state index >= 15 is 0 Å². The van der Waals surface area contributed by atoms with Crippen molar-refractivity contribution in [2.45, 2.75) is 27.2 Å². The van der Waals surface area contributed by atoms with E-state index in [1.54, 1.807) is 4.90 Å². The standard InChI is InChI=1S/C15H20N2O2/c1-15(2,3)12-4-6-17(7-5-12)14(19)11-8-13(18)10-16-9-11/h4,8-10,18H,5-7H2,1-3H3. The van der Waals surface area contributed by atoms with Crippen molar-refractivity contribution >= 4 is 5.91 Å². The molecule has 0 saturated heterocycles. The van der Waals surface area contributed by atoms with Gasteiger partial charge in [0.1, 0.15) is 5.75 Å². The van der Waals surface area contributed by atoms with Crippen LogP contribution in [0.4, 0.5) is 0 Å². The molecule has 0 radical (unpaired) electrons. The molecule has 0 atom stereocenters. The molecule has 4 heteroatoms. The zero-order chi connectivity index (χ0) is 14.0. The molecule has 102 valence electrons. The SMILES string of the molecule is CC(C)(C)C1=CCN(C(=O)c2cncc(O)c2)CC1. The Labute approximate surface area is 113 Å². The summed E-state index contributed by atoms with van der Waals surface area (Å²) >= 11 is 0. The van der Waals surface area contributed by atoms with Crippen LogP contribution in [0.15, 0.2) is 30.1 Å². The van der Waals surface area contributed by atoms with Gasteiger partial charge in [0.05, 0.1) is 11.8 Å². The molecule has 0 bridgehead atoms. The molecule has 1 aromatic rings. The third-order valence-corrected chi connectivity index (χ3v) is 3.43. The maximum Gasteiger partial charge on any atom is 0.255 e. The van der Waals surface area contributed by atoms with E-state index < -0.39 is 0 Å². The van der Waals surface area contributed by atoms with Crippen LogP contribution in [0.1, 0.15) is 37.6 Å². The highest BCUT2D eigenvalue weighted by molar-refractivity contribution is 5.94. The third kappa shape index (κ3) is 3.13. The Balaban J connectivity index is 2.10. The number of carbonyl (C=O) groups excluding carboxylic acids is 1. The van der Waals surface area contributed by atoms with E-state index in [1.807, 2.05) is 0 Å². The van der Waals surface area contributed by atoms with Crippen molar-refractivity contribution in [3.63, 3.8) is 0 Å². The smallest absolute Gasteiger partial charge is 0.255 e. The Hall–Kier alpha value is -1.84. The lowest BCUT2D eigenvalue weighted by Gasteiger charge is -2.32. The Morgan fingerprint density at radius 3 is 2.63 bits per heavy atom. The van der Waals surface area contributed by atoms with E-state index in [0.717, 1.165) is 13.0 Å². The molecule has 1 aliphatic heterocycles. The molecule has 0 spiro atoms. The fraction of sp³-hybridized carbons (Fsp3) is 0.467. The van der Waals surface area contributed by atoms with Crippen LogP contribution in [0.5, 0.6) is 5.75 Å². The van der Waals surface area contributed by atoms with Crippen LogP contribution < -0.4 is 0 Å². The predicted octanol–water partition coefficient (Wildman–Crippen LogP) is 2.61. The second-order valence-corrected chi connectivity index (χ2v) is 5.91. The zero-order valence-corrected chi connectivity index (χ0v) is 11.7. The quantitative estimate of drug-likeness (QED) is 0.790.